The van der Waals surface area contributed by atoms with Crippen molar-refractivity contribution in [1.29, 1.82) is 0 Å². The summed E-state index contributed by atoms with van der Waals surface area (Å²) in [7, 11) is 0. The van der Waals surface area contributed by atoms with E-state index in [-0.39, 0.29) is 0 Å². The molecule has 0 N–H and O–H groups in total. The van der Waals surface area contributed by atoms with Gasteiger partial charge in [0.25, 0.3) is 0 Å². The highest BCUT2D eigenvalue weighted by molar-refractivity contribution is 9.10. The summed E-state index contributed by atoms with van der Waals surface area (Å²) in [5.74, 6) is 0. The van der Waals surface area contributed by atoms with Gasteiger partial charge < -0.3 is 0 Å². The van der Waals surface area contributed by atoms with E-state index in [2.05, 4.69) is 61.0 Å². The Hall–Kier alpha value is -2.59. The summed E-state index contributed by atoms with van der Waals surface area (Å²) in [6.45, 7) is 10.2. The molecule has 0 bridgehead atoms. The first-order chi connectivity index (χ1) is 13.4. The summed E-state index contributed by atoms with van der Waals surface area (Å²) in [6, 6.07) is 18.3. The van der Waals surface area contributed by atoms with E-state index in [1.165, 1.54) is 0 Å². The molecule has 142 valence electrons. The average molecular weight is 434 g/mol. The van der Waals surface area contributed by atoms with Gasteiger partial charge in [0.15, 0.2) is 0 Å². The van der Waals surface area contributed by atoms with Crippen LogP contribution in [0.5, 0.6) is 0 Å². The lowest BCUT2D eigenvalue weighted by atomic mass is 10.1. The molecular weight excluding hydrogens is 410 g/mol. The number of nitrogens with zero attached hydrogens (tertiary/aromatic N) is 3. The Balaban J connectivity index is 1.98. The highest BCUT2D eigenvalue weighted by atomic mass is 79.9. The standard InChI is InChI=1S/C24H24BrN3/c1-15-9-6-10-16(2)23(15)26-18(4)21-13-8-14-22(28-21)19(5)27-24-17(3)11-7-12-20(24)25/h6-14H,1-5H3. The van der Waals surface area contributed by atoms with Gasteiger partial charge in [-0.3, -0.25) is 9.98 Å². The maximum Gasteiger partial charge on any atom is 0.0849 e. The van der Waals surface area contributed by atoms with E-state index in [1.807, 2.05) is 44.2 Å². The van der Waals surface area contributed by atoms with Crippen molar-refractivity contribution < 1.29 is 0 Å². The van der Waals surface area contributed by atoms with E-state index < -0.39 is 0 Å². The lowest BCUT2D eigenvalue weighted by molar-refractivity contribution is 1.23. The molecular formula is C24H24BrN3. The summed E-state index contributed by atoms with van der Waals surface area (Å²) in [6.07, 6.45) is 0. The normalized spacial score (nSPS) is 12.4. The molecule has 3 nitrogen and oxygen atoms in total. The summed E-state index contributed by atoms with van der Waals surface area (Å²) in [4.78, 5) is 14.5. The second kappa shape index (κ2) is 8.61. The molecule has 0 fully saturated rings. The molecule has 0 saturated heterocycles. The molecule has 0 radical (unpaired) electrons. The van der Waals surface area contributed by atoms with Crippen LogP contribution in [0.4, 0.5) is 11.4 Å². The molecule has 0 spiro atoms. The summed E-state index contributed by atoms with van der Waals surface area (Å²) in [5, 5.41) is 0. The number of pyridine rings is 1. The van der Waals surface area contributed by atoms with E-state index in [0.717, 1.165) is 55.3 Å². The smallest absolute Gasteiger partial charge is 0.0849 e. The Morgan fingerprint density at radius 1 is 0.679 bits per heavy atom. The minimum atomic E-state index is 0.851. The Morgan fingerprint density at radius 3 is 1.64 bits per heavy atom. The topological polar surface area (TPSA) is 37.6 Å². The Bertz CT molecular complexity index is 958. The number of hydrogen-bond donors (Lipinski definition) is 0. The van der Waals surface area contributed by atoms with Crippen molar-refractivity contribution in [2.24, 2.45) is 9.98 Å². The Labute approximate surface area is 175 Å². The first-order valence-electron chi connectivity index (χ1n) is 9.26. The van der Waals surface area contributed by atoms with E-state index in [0.29, 0.717) is 0 Å². The molecule has 0 atom stereocenters. The molecule has 2 aromatic carbocycles. The van der Waals surface area contributed by atoms with Crippen molar-refractivity contribution in [3.05, 3.63) is 87.1 Å². The molecule has 28 heavy (non-hydrogen) atoms. The maximum atomic E-state index is 4.85. The molecule has 1 heterocycles. The van der Waals surface area contributed by atoms with Crippen molar-refractivity contribution in [2.45, 2.75) is 34.6 Å². The van der Waals surface area contributed by atoms with E-state index >= 15 is 0 Å². The van der Waals surface area contributed by atoms with Gasteiger partial charge >= 0.3 is 0 Å². The third kappa shape index (κ3) is 4.45. The number of aliphatic imine (C=N–C) groups is 2. The van der Waals surface area contributed by atoms with Gasteiger partial charge in [-0.25, -0.2) is 4.98 Å². The monoisotopic (exact) mass is 433 g/mol. The lowest BCUT2D eigenvalue weighted by Crippen LogP contribution is -2.05. The number of halogens is 1. The van der Waals surface area contributed by atoms with Gasteiger partial charge in [0, 0.05) is 4.47 Å². The SMILES string of the molecule is CC(=Nc1c(C)cccc1C)c1cccc(C(C)=Nc2c(C)cccc2Br)n1. The van der Waals surface area contributed by atoms with Crippen LogP contribution in [-0.4, -0.2) is 16.4 Å². The zero-order valence-electron chi connectivity index (χ0n) is 16.9. The summed E-state index contributed by atoms with van der Waals surface area (Å²) >= 11 is 3.59. The highest BCUT2D eigenvalue weighted by Crippen LogP contribution is 2.29. The van der Waals surface area contributed by atoms with Gasteiger partial charge in [0.1, 0.15) is 0 Å². The maximum absolute atomic E-state index is 4.85. The first kappa shape index (κ1) is 20.2. The Morgan fingerprint density at radius 2 is 1.11 bits per heavy atom. The molecule has 0 unspecified atom stereocenters. The van der Waals surface area contributed by atoms with Gasteiger partial charge in [0.2, 0.25) is 0 Å². The second-order valence-corrected chi connectivity index (χ2v) is 7.80. The van der Waals surface area contributed by atoms with Gasteiger partial charge in [-0.15, -0.1) is 0 Å². The molecule has 0 saturated carbocycles. The molecule has 3 rings (SSSR count). The fourth-order valence-corrected chi connectivity index (χ4v) is 3.59. The predicted molar refractivity (Wildman–Crippen MR) is 123 cm³/mol. The fraction of sp³-hybridized carbons (Fsp3) is 0.208. The predicted octanol–water partition coefficient (Wildman–Crippen LogP) is 7.05. The molecule has 1 aromatic heterocycles. The van der Waals surface area contributed by atoms with Crippen LogP contribution >= 0.6 is 15.9 Å². The zero-order chi connectivity index (χ0) is 20.3. The quantitative estimate of drug-likeness (QED) is 0.406. The van der Waals surface area contributed by atoms with Crippen molar-refractivity contribution in [3.8, 4) is 0 Å². The summed E-state index contributed by atoms with van der Waals surface area (Å²) in [5.41, 5.74) is 8.88. The van der Waals surface area contributed by atoms with Crippen LogP contribution in [0.2, 0.25) is 0 Å². The zero-order valence-corrected chi connectivity index (χ0v) is 18.5. The Kier molecular flexibility index (Phi) is 6.20. The van der Waals surface area contributed by atoms with E-state index in [9.17, 15) is 0 Å². The van der Waals surface area contributed by atoms with Crippen molar-refractivity contribution >= 4 is 38.7 Å². The van der Waals surface area contributed by atoms with Gasteiger partial charge in [-0.2, -0.15) is 0 Å². The van der Waals surface area contributed by atoms with Gasteiger partial charge in [-0.05, 0) is 85.4 Å². The van der Waals surface area contributed by atoms with Crippen LogP contribution in [0.3, 0.4) is 0 Å². The number of para-hydroxylation sites is 2. The van der Waals surface area contributed by atoms with Crippen LogP contribution in [-0.2, 0) is 0 Å². The van der Waals surface area contributed by atoms with E-state index in [4.69, 9.17) is 15.0 Å². The van der Waals surface area contributed by atoms with Crippen LogP contribution in [0.1, 0.15) is 41.9 Å². The minimum absolute atomic E-state index is 0.851. The lowest BCUT2D eigenvalue weighted by Gasteiger charge is -2.09. The fourth-order valence-electron chi connectivity index (χ4n) is 3.03. The molecule has 4 heteroatoms. The largest absolute Gasteiger partial charge is 0.251 e. The highest BCUT2D eigenvalue weighted by Gasteiger charge is 2.08. The molecule has 3 aromatic rings. The van der Waals surface area contributed by atoms with Gasteiger partial charge in [0.05, 0.1) is 34.2 Å². The number of aromatic nitrogens is 1. The average Bonchev–Trinajstić information content (AvgIpc) is 2.67. The number of benzene rings is 2. The van der Waals surface area contributed by atoms with Crippen LogP contribution in [0.15, 0.2) is 69.1 Å². The molecule has 0 aliphatic carbocycles. The minimum Gasteiger partial charge on any atom is -0.251 e. The van der Waals surface area contributed by atoms with Crippen LogP contribution in [0, 0.1) is 20.8 Å². The number of aryl methyl sites for hydroxylation is 3. The van der Waals surface area contributed by atoms with Crippen molar-refractivity contribution in [3.63, 3.8) is 0 Å². The van der Waals surface area contributed by atoms with Crippen molar-refractivity contribution in [1.82, 2.24) is 4.98 Å². The second-order valence-electron chi connectivity index (χ2n) is 6.95. The van der Waals surface area contributed by atoms with Gasteiger partial charge in [-0.1, -0.05) is 36.4 Å². The van der Waals surface area contributed by atoms with Crippen molar-refractivity contribution in [2.75, 3.05) is 0 Å². The first-order valence-corrected chi connectivity index (χ1v) is 10.1. The molecule has 0 aliphatic rings. The number of rotatable bonds is 4. The van der Waals surface area contributed by atoms with E-state index in [1.54, 1.807) is 0 Å². The number of hydrogen-bond acceptors (Lipinski definition) is 3. The summed E-state index contributed by atoms with van der Waals surface area (Å²) < 4.78 is 0.982. The third-order valence-corrected chi connectivity index (χ3v) is 5.32. The van der Waals surface area contributed by atoms with Crippen LogP contribution < -0.4 is 0 Å². The molecule has 0 amide bonds. The molecule has 0 aliphatic heterocycles. The van der Waals surface area contributed by atoms with Crippen LogP contribution in [0.25, 0.3) is 0 Å². The third-order valence-electron chi connectivity index (χ3n) is 4.68.